The van der Waals surface area contributed by atoms with Gasteiger partial charge in [-0.2, -0.15) is 0 Å². The van der Waals surface area contributed by atoms with Crippen LogP contribution in [0.5, 0.6) is 0 Å². The van der Waals surface area contributed by atoms with Crippen LogP contribution in [0.25, 0.3) is 0 Å². The lowest BCUT2D eigenvalue weighted by atomic mass is 9.96. The van der Waals surface area contributed by atoms with Gasteiger partial charge in [0.25, 0.3) is 0 Å². The molecule has 0 aromatic heterocycles. The standard InChI is InChI=1S/C22H38S/c1-3-5-7-9-11-13-16-20-17-15-19-22(23)21(20)18-14-12-10-8-6-4-2/h15,17,19,23H,3-14,16,18H2,1-2H3. The van der Waals surface area contributed by atoms with Crippen molar-refractivity contribution in [2.75, 3.05) is 0 Å². The molecule has 23 heavy (non-hydrogen) atoms. The topological polar surface area (TPSA) is 0 Å². The lowest BCUT2D eigenvalue weighted by Crippen LogP contribution is -1.97. The van der Waals surface area contributed by atoms with Crippen molar-refractivity contribution >= 4 is 12.6 Å². The Balaban J connectivity index is 2.33. The first-order chi connectivity index (χ1) is 11.3. The molecule has 0 N–H and O–H groups in total. The highest BCUT2D eigenvalue weighted by Gasteiger charge is 2.06. The van der Waals surface area contributed by atoms with Gasteiger partial charge in [0.2, 0.25) is 0 Å². The van der Waals surface area contributed by atoms with Crippen molar-refractivity contribution < 1.29 is 0 Å². The molecule has 0 atom stereocenters. The van der Waals surface area contributed by atoms with Gasteiger partial charge in [0.05, 0.1) is 0 Å². The minimum atomic E-state index is 1.21. The van der Waals surface area contributed by atoms with E-state index < -0.39 is 0 Å². The van der Waals surface area contributed by atoms with Gasteiger partial charge in [-0.15, -0.1) is 12.6 Å². The van der Waals surface area contributed by atoms with Gasteiger partial charge < -0.3 is 0 Å². The number of hydrogen-bond donors (Lipinski definition) is 1. The van der Waals surface area contributed by atoms with Gasteiger partial charge in [0.1, 0.15) is 0 Å². The van der Waals surface area contributed by atoms with Crippen LogP contribution in [0.4, 0.5) is 0 Å². The number of hydrogen-bond acceptors (Lipinski definition) is 1. The molecule has 0 aliphatic heterocycles. The molecule has 0 fully saturated rings. The third kappa shape index (κ3) is 9.45. The molecule has 0 aliphatic rings. The molecule has 0 nitrogen and oxygen atoms in total. The lowest BCUT2D eigenvalue weighted by Gasteiger charge is -2.12. The highest BCUT2D eigenvalue weighted by molar-refractivity contribution is 7.80. The predicted molar refractivity (Wildman–Crippen MR) is 108 cm³/mol. The fourth-order valence-corrected chi connectivity index (χ4v) is 3.66. The summed E-state index contributed by atoms with van der Waals surface area (Å²) in [5, 5.41) is 0. The monoisotopic (exact) mass is 334 g/mol. The first-order valence-corrected chi connectivity index (χ1v) is 10.5. The fourth-order valence-electron chi connectivity index (χ4n) is 3.32. The molecule has 1 aromatic carbocycles. The average Bonchev–Trinajstić information content (AvgIpc) is 2.56. The third-order valence-electron chi connectivity index (χ3n) is 4.83. The zero-order valence-corrected chi connectivity index (χ0v) is 16.5. The Morgan fingerprint density at radius 3 is 1.78 bits per heavy atom. The minimum absolute atomic E-state index is 1.21. The van der Waals surface area contributed by atoms with E-state index in [-0.39, 0.29) is 0 Å². The van der Waals surface area contributed by atoms with E-state index >= 15 is 0 Å². The molecule has 0 radical (unpaired) electrons. The summed E-state index contributed by atoms with van der Waals surface area (Å²) >= 11 is 4.72. The number of benzene rings is 1. The van der Waals surface area contributed by atoms with Crippen LogP contribution in [0.15, 0.2) is 23.1 Å². The van der Waals surface area contributed by atoms with Crippen molar-refractivity contribution in [3.05, 3.63) is 29.3 Å². The molecule has 0 unspecified atom stereocenters. The molecule has 0 bridgehead atoms. The van der Waals surface area contributed by atoms with E-state index in [1.807, 2.05) is 0 Å². The molecular weight excluding hydrogens is 296 g/mol. The Kier molecular flexibility index (Phi) is 12.5. The summed E-state index contributed by atoms with van der Waals surface area (Å²) in [6, 6.07) is 6.68. The van der Waals surface area contributed by atoms with Gasteiger partial charge in [-0.3, -0.25) is 0 Å². The molecule has 132 valence electrons. The molecule has 0 spiro atoms. The molecule has 0 saturated carbocycles. The van der Waals surface area contributed by atoms with Crippen molar-refractivity contribution in [1.82, 2.24) is 0 Å². The quantitative estimate of drug-likeness (QED) is 0.260. The van der Waals surface area contributed by atoms with Crippen LogP contribution < -0.4 is 0 Å². The van der Waals surface area contributed by atoms with Crippen molar-refractivity contribution in [3.63, 3.8) is 0 Å². The number of rotatable bonds is 14. The third-order valence-corrected chi connectivity index (χ3v) is 5.25. The van der Waals surface area contributed by atoms with E-state index in [4.69, 9.17) is 12.6 Å². The van der Waals surface area contributed by atoms with Crippen molar-refractivity contribution in [3.8, 4) is 0 Å². The summed E-state index contributed by atoms with van der Waals surface area (Å²) in [6.45, 7) is 4.57. The van der Waals surface area contributed by atoms with E-state index in [0.717, 1.165) is 0 Å². The zero-order chi connectivity index (χ0) is 16.8. The van der Waals surface area contributed by atoms with E-state index in [9.17, 15) is 0 Å². The van der Waals surface area contributed by atoms with Crippen LogP contribution in [-0.2, 0) is 12.8 Å². The SMILES string of the molecule is CCCCCCCCc1cccc(S)c1CCCCCCCC. The Morgan fingerprint density at radius 2 is 1.17 bits per heavy atom. The highest BCUT2D eigenvalue weighted by Crippen LogP contribution is 2.23. The number of thiol groups is 1. The zero-order valence-electron chi connectivity index (χ0n) is 15.6. The van der Waals surface area contributed by atoms with Crippen LogP contribution in [-0.4, -0.2) is 0 Å². The maximum Gasteiger partial charge on any atom is 0.00747 e. The van der Waals surface area contributed by atoms with Gasteiger partial charge in [-0.1, -0.05) is 90.2 Å². The number of unbranched alkanes of at least 4 members (excludes halogenated alkanes) is 10. The van der Waals surface area contributed by atoms with Crippen LogP contribution in [0, 0.1) is 0 Å². The van der Waals surface area contributed by atoms with Crippen LogP contribution in [0.2, 0.25) is 0 Å². The molecule has 1 aromatic rings. The summed E-state index contributed by atoms with van der Waals surface area (Å²) in [4.78, 5) is 1.21. The maximum absolute atomic E-state index is 4.72. The first-order valence-electron chi connectivity index (χ1n) is 10.1. The molecule has 0 heterocycles. The molecule has 0 aliphatic carbocycles. The summed E-state index contributed by atoms with van der Waals surface area (Å²) in [5.41, 5.74) is 3.08. The largest absolute Gasteiger partial charge is 0.143 e. The molecule has 0 saturated heterocycles. The average molecular weight is 335 g/mol. The molecule has 1 heteroatoms. The van der Waals surface area contributed by atoms with E-state index in [1.165, 1.54) is 100 Å². The Labute approximate surface area is 150 Å². The van der Waals surface area contributed by atoms with Crippen LogP contribution in [0.3, 0.4) is 0 Å². The minimum Gasteiger partial charge on any atom is -0.143 e. The lowest BCUT2D eigenvalue weighted by molar-refractivity contribution is 0.597. The number of aryl methyl sites for hydroxylation is 1. The van der Waals surface area contributed by atoms with Gasteiger partial charge >= 0.3 is 0 Å². The van der Waals surface area contributed by atoms with Crippen LogP contribution in [0.1, 0.15) is 102 Å². The second kappa shape index (κ2) is 14.0. The van der Waals surface area contributed by atoms with Gasteiger partial charge in [0, 0.05) is 4.90 Å². The highest BCUT2D eigenvalue weighted by atomic mass is 32.1. The van der Waals surface area contributed by atoms with Gasteiger partial charge in [-0.05, 0) is 42.9 Å². The predicted octanol–water partition coefficient (Wildman–Crippen LogP) is 7.78. The molecular formula is C22H38S. The Hall–Kier alpha value is -0.430. The van der Waals surface area contributed by atoms with Gasteiger partial charge in [0.15, 0.2) is 0 Å². The Morgan fingerprint density at radius 1 is 0.652 bits per heavy atom. The normalized spacial score (nSPS) is 11.1. The van der Waals surface area contributed by atoms with E-state index in [0.29, 0.717) is 0 Å². The summed E-state index contributed by atoms with van der Waals surface area (Å²) in [5.74, 6) is 0. The second-order valence-corrected chi connectivity index (χ2v) is 7.43. The van der Waals surface area contributed by atoms with Gasteiger partial charge in [-0.25, -0.2) is 0 Å². The summed E-state index contributed by atoms with van der Waals surface area (Å²) < 4.78 is 0. The first kappa shape index (κ1) is 20.6. The molecule has 0 amide bonds. The summed E-state index contributed by atoms with van der Waals surface area (Å²) in [6.07, 6.45) is 19.0. The summed E-state index contributed by atoms with van der Waals surface area (Å²) in [7, 11) is 0. The Bertz CT molecular complexity index is 397. The maximum atomic E-state index is 4.72. The van der Waals surface area contributed by atoms with Crippen molar-refractivity contribution in [2.45, 2.75) is 109 Å². The van der Waals surface area contributed by atoms with Crippen molar-refractivity contribution in [2.24, 2.45) is 0 Å². The fraction of sp³-hybridized carbons (Fsp3) is 0.727. The van der Waals surface area contributed by atoms with E-state index in [1.54, 1.807) is 5.56 Å². The van der Waals surface area contributed by atoms with Crippen LogP contribution >= 0.6 is 12.6 Å². The van der Waals surface area contributed by atoms with E-state index in [2.05, 4.69) is 32.0 Å². The van der Waals surface area contributed by atoms with Crippen molar-refractivity contribution in [1.29, 1.82) is 0 Å². The second-order valence-electron chi connectivity index (χ2n) is 6.95. The molecule has 1 rings (SSSR count). The smallest absolute Gasteiger partial charge is 0.00747 e.